The van der Waals surface area contributed by atoms with Gasteiger partial charge in [0.2, 0.25) is 4.77 Å². The molecule has 3 rings (SSSR count). The largest absolute Gasteiger partial charge is 0.358 e. The zero-order valence-electron chi connectivity index (χ0n) is 10.6. The molecule has 0 aliphatic heterocycles. The van der Waals surface area contributed by atoms with Crippen LogP contribution >= 0.6 is 12.2 Å². The van der Waals surface area contributed by atoms with Gasteiger partial charge in [0.05, 0.1) is 6.21 Å². The molecule has 0 amide bonds. The lowest BCUT2D eigenvalue weighted by Gasteiger charge is -1.95. The van der Waals surface area contributed by atoms with Gasteiger partial charge in [0, 0.05) is 22.2 Å². The maximum atomic E-state index is 5.12. The first-order chi connectivity index (χ1) is 9.16. The Kier molecular flexibility index (Phi) is 2.79. The van der Waals surface area contributed by atoms with Crippen molar-refractivity contribution in [3.8, 4) is 0 Å². The number of hydrogen-bond acceptors (Lipinski definition) is 3. The van der Waals surface area contributed by atoms with Crippen LogP contribution in [0.5, 0.6) is 0 Å². The summed E-state index contributed by atoms with van der Waals surface area (Å²) < 4.78 is 2.10. The van der Waals surface area contributed by atoms with Crippen molar-refractivity contribution in [1.29, 1.82) is 0 Å². The Morgan fingerprint density at radius 2 is 2.11 bits per heavy atom. The minimum atomic E-state index is 0.492. The van der Waals surface area contributed by atoms with Crippen molar-refractivity contribution in [3.05, 3.63) is 46.1 Å². The Morgan fingerprint density at radius 3 is 2.84 bits per heavy atom. The lowest BCUT2D eigenvalue weighted by molar-refractivity contribution is 0.821. The van der Waals surface area contributed by atoms with Gasteiger partial charge >= 0.3 is 0 Å². The molecule has 0 unspecified atom stereocenters. The molecule has 0 saturated heterocycles. The van der Waals surface area contributed by atoms with Crippen molar-refractivity contribution in [3.63, 3.8) is 0 Å². The lowest BCUT2D eigenvalue weighted by Crippen LogP contribution is -1.94. The number of hydrogen-bond donors (Lipinski definition) is 2. The number of nitrogens with zero attached hydrogens (tertiary/aromatic N) is 3. The fraction of sp³-hybridized carbons (Fsp3) is 0.154. The van der Waals surface area contributed by atoms with Gasteiger partial charge in [-0.2, -0.15) is 14.9 Å². The second-order valence-corrected chi connectivity index (χ2v) is 4.73. The Hall–Kier alpha value is -2.21. The fourth-order valence-corrected chi connectivity index (χ4v) is 2.31. The van der Waals surface area contributed by atoms with Crippen LogP contribution in [0.2, 0.25) is 0 Å². The van der Waals surface area contributed by atoms with Crippen molar-refractivity contribution in [2.45, 2.75) is 13.8 Å². The van der Waals surface area contributed by atoms with E-state index in [1.54, 1.807) is 4.68 Å². The minimum Gasteiger partial charge on any atom is -0.358 e. The molecule has 0 spiro atoms. The number of rotatable bonds is 2. The molecule has 3 aromatic rings. The maximum absolute atomic E-state index is 5.12. The molecule has 2 N–H and O–H groups in total. The van der Waals surface area contributed by atoms with Gasteiger partial charge < -0.3 is 4.98 Å². The molecule has 0 aliphatic carbocycles. The number of H-pyrrole nitrogens is 2. The van der Waals surface area contributed by atoms with Gasteiger partial charge in [0.25, 0.3) is 0 Å². The van der Waals surface area contributed by atoms with Crippen molar-refractivity contribution in [2.75, 3.05) is 0 Å². The van der Waals surface area contributed by atoms with E-state index >= 15 is 0 Å². The predicted molar refractivity (Wildman–Crippen MR) is 78.2 cm³/mol. The average molecular weight is 271 g/mol. The number of nitrogens with one attached hydrogen (secondary N) is 2. The van der Waals surface area contributed by atoms with Gasteiger partial charge in [-0.3, -0.25) is 5.10 Å². The highest BCUT2D eigenvalue weighted by atomic mass is 32.1. The van der Waals surface area contributed by atoms with Crippen LogP contribution < -0.4 is 0 Å². The van der Waals surface area contributed by atoms with E-state index in [9.17, 15) is 0 Å². The quantitative estimate of drug-likeness (QED) is 0.556. The van der Waals surface area contributed by atoms with Crippen molar-refractivity contribution < 1.29 is 0 Å². The van der Waals surface area contributed by atoms with E-state index in [0.29, 0.717) is 4.77 Å². The van der Waals surface area contributed by atoms with Crippen molar-refractivity contribution >= 4 is 29.3 Å². The summed E-state index contributed by atoms with van der Waals surface area (Å²) in [6.07, 6.45) is 1.81. The summed E-state index contributed by atoms with van der Waals surface area (Å²) in [6.45, 7) is 3.88. The van der Waals surface area contributed by atoms with Crippen LogP contribution in [0.1, 0.15) is 17.1 Å². The van der Waals surface area contributed by atoms with Gasteiger partial charge in [-0.15, -0.1) is 0 Å². The first-order valence-corrected chi connectivity index (χ1v) is 6.33. The molecule has 2 heterocycles. The summed E-state index contributed by atoms with van der Waals surface area (Å²) in [6, 6.07) is 8.15. The summed E-state index contributed by atoms with van der Waals surface area (Å²) in [5.41, 5.74) is 3.25. The number of benzene rings is 1. The monoisotopic (exact) mass is 271 g/mol. The average Bonchev–Trinajstić information content (AvgIpc) is 2.88. The smallest absolute Gasteiger partial charge is 0.216 e. The molecule has 0 bridgehead atoms. The fourth-order valence-electron chi connectivity index (χ4n) is 2.09. The summed E-state index contributed by atoms with van der Waals surface area (Å²) in [4.78, 5) is 3.34. The molecule has 0 atom stereocenters. The van der Waals surface area contributed by atoms with Crippen LogP contribution in [0.3, 0.4) is 0 Å². The number of para-hydroxylation sites is 1. The minimum absolute atomic E-state index is 0.492. The van der Waals surface area contributed by atoms with E-state index in [-0.39, 0.29) is 0 Å². The van der Waals surface area contributed by atoms with Crippen LogP contribution in [0, 0.1) is 18.6 Å². The van der Waals surface area contributed by atoms with Crippen LogP contribution in [0.15, 0.2) is 29.4 Å². The molecule has 6 heteroatoms. The summed E-state index contributed by atoms with van der Waals surface area (Å²) >= 11 is 5.12. The third-order valence-electron chi connectivity index (χ3n) is 3.06. The van der Waals surface area contributed by atoms with Gasteiger partial charge in [0.1, 0.15) is 5.82 Å². The summed E-state index contributed by atoms with van der Waals surface area (Å²) in [5.74, 6) is 0.735. The van der Waals surface area contributed by atoms with E-state index in [4.69, 9.17) is 12.2 Å². The van der Waals surface area contributed by atoms with Gasteiger partial charge in [0.15, 0.2) is 0 Å². The molecule has 0 saturated carbocycles. The van der Waals surface area contributed by atoms with Crippen LogP contribution in [0.4, 0.5) is 0 Å². The van der Waals surface area contributed by atoms with Crippen LogP contribution in [0.25, 0.3) is 10.9 Å². The van der Waals surface area contributed by atoms with E-state index < -0.39 is 0 Å². The third kappa shape index (κ3) is 2.00. The SMILES string of the molecule is Cc1[nH]c2ccccc2c1C=Nn1c(C)n[nH]c1=S. The van der Waals surface area contributed by atoms with Gasteiger partial charge in [-0.05, 0) is 32.1 Å². The van der Waals surface area contributed by atoms with Crippen molar-refractivity contribution in [2.24, 2.45) is 5.10 Å². The highest BCUT2D eigenvalue weighted by Crippen LogP contribution is 2.20. The van der Waals surface area contributed by atoms with Crippen molar-refractivity contribution in [1.82, 2.24) is 19.9 Å². The van der Waals surface area contributed by atoms with E-state index in [0.717, 1.165) is 28.0 Å². The molecule has 0 radical (unpaired) electrons. The van der Waals surface area contributed by atoms with E-state index in [1.165, 1.54) is 0 Å². The highest BCUT2D eigenvalue weighted by molar-refractivity contribution is 7.71. The molecule has 0 aliphatic rings. The predicted octanol–water partition coefficient (Wildman–Crippen LogP) is 2.92. The Morgan fingerprint density at radius 1 is 1.32 bits per heavy atom. The Balaban J connectivity index is 2.11. The number of fused-ring (bicyclic) bond motifs is 1. The summed E-state index contributed by atoms with van der Waals surface area (Å²) in [7, 11) is 0. The molecule has 5 nitrogen and oxygen atoms in total. The second-order valence-electron chi connectivity index (χ2n) is 4.34. The third-order valence-corrected chi connectivity index (χ3v) is 3.32. The molecule has 19 heavy (non-hydrogen) atoms. The lowest BCUT2D eigenvalue weighted by atomic mass is 10.1. The first kappa shape index (κ1) is 11.9. The maximum Gasteiger partial charge on any atom is 0.216 e. The summed E-state index contributed by atoms with van der Waals surface area (Å²) in [5, 5.41) is 12.3. The number of aromatic nitrogens is 4. The molecule has 96 valence electrons. The normalized spacial score (nSPS) is 11.7. The van der Waals surface area contributed by atoms with Crippen LogP contribution in [-0.2, 0) is 0 Å². The zero-order chi connectivity index (χ0) is 13.4. The van der Waals surface area contributed by atoms with Gasteiger partial charge in [-0.25, -0.2) is 0 Å². The standard InChI is InChI=1S/C13H13N5S/c1-8-11(10-5-3-4-6-12(10)15-8)7-14-18-9(2)16-17-13(18)19/h3-7,15H,1-2H3,(H,17,19). The van der Waals surface area contributed by atoms with E-state index in [2.05, 4.69) is 32.4 Å². The number of aryl methyl sites for hydroxylation is 2. The number of aromatic amines is 2. The zero-order valence-corrected chi connectivity index (χ0v) is 11.5. The Bertz CT molecular complexity index is 821. The topological polar surface area (TPSA) is 61.8 Å². The highest BCUT2D eigenvalue weighted by Gasteiger charge is 2.05. The molecule has 2 aromatic heterocycles. The second kappa shape index (κ2) is 4.47. The van der Waals surface area contributed by atoms with Crippen LogP contribution in [-0.4, -0.2) is 26.1 Å². The molecular weight excluding hydrogens is 258 g/mol. The first-order valence-electron chi connectivity index (χ1n) is 5.92. The molecule has 0 fully saturated rings. The molecule has 1 aromatic carbocycles. The Labute approximate surface area is 115 Å². The van der Waals surface area contributed by atoms with Gasteiger partial charge in [-0.1, -0.05) is 18.2 Å². The molecular formula is C13H13N5S. The van der Waals surface area contributed by atoms with E-state index in [1.807, 2.05) is 32.2 Å².